The second-order valence-corrected chi connectivity index (χ2v) is 3.30. The maximum absolute atomic E-state index is 12.4. The standard InChI is InChI=1S/C9H12FNO.C2H5NO2/c10-8-3-1-7(2-4-8)5-9(11)6-12;1-5-2(3)4/h1-4,9,12H,5-6,11H2;1H3,(H2,3,4). The molecule has 0 aliphatic rings. The van der Waals surface area contributed by atoms with Crippen molar-refractivity contribution in [3.8, 4) is 0 Å². The summed E-state index contributed by atoms with van der Waals surface area (Å²) in [6.07, 6.45) is -0.165. The van der Waals surface area contributed by atoms with Gasteiger partial charge in [0.1, 0.15) is 5.82 Å². The normalized spacial score (nSPS) is 11.1. The number of benzene rings is 1. The van der Waals surface area contributed by atoms with Gasteiger partial charge >= 0.3 is 6.09 Å². The van der Waals surface area contributed by atoms with Gasteiger partial charge in [0.25, 0.3) is 0 Å². The number of aliphatic hydroxyl groups excluding tert-OH is 1. The van der Waals surface area contributed by atoms with E-state index in [0.29, 0.717) is 6.42 Å². The molecule has 0 heterocycles. The van der Waals surface area contributed by atoms with E-state index in [9.17, 15) is 9.18 Å². The van der Waals surface area contributed by atoms with Crippen LogP contribution >= 0.6 is 0 Å². The van der Waals surface area contributed by atoms with E-state index in [1.54, 1.807) is 12.1 Å². The van der Waals surface area contributed by atoms with E-state index < -0.39 is 6.09 Å². The SMILES string of the molecule is COC(N)=O.NC(CO)Cc1ccc(F)cc1. The molecule has 0 fully saturated rings. The highest BCUT2D eigenvalue weighted by atomic mass is 19.1. The number of methoxy groups -OCH3 is 1. The minimum atomic E-state index is -0.745. The lowest BCUT2D eigenvalue weighted by atomic mass is 10.1. The van der Waals surface area contributed by atoms with Gasteiger partial charge in [-0.25, -0.2) is 9.18 Å². The van der Waals surface area contributed by atoms with E-state index in [4.69, 9.17) is 10.8 Å². The number of nitrogens with two attached hydrogens (primary N) is 2. The maximum atomic E-state index is 12.4. The number of carbonyl (C=O) groups excluding carboxylic acids is 1. The summed E-state index contributed by atoms with van der Waals surface area (Å²) in [5, 5.41) is 8.65. The first kappa shape index (κ1) is 15.3. The molecule has 5 N–H and O–H groups in total. The summed E-state index contributed by atoms with van der Waals surface area (Å²) in [5.74, 6) is -0.253. The Morgan fingerprint density at radius 3 is 2.29 bits per heavy atom. The largest absolute Gasteiger partial charge is 0.453 e. The smallest absolute Gasteiger partial charge is 0.404 e. The van der Waals surface area contributed by atoms with Gasteiger partial charge in [0.2, 0.25) is 0 Å². The molecule has 0 aliphatic carbocycles. The highest BCUT2D eigenvalue weighted by molar-refractivity contribution is 5.64. The molecule has 0 saturated heterocycles. The molecular formula is C11H17FN2O3. The van der Waals surface area contributed by atoms with Crippen molar-refractivity contribution >= 4 is 6.09 Å². The molecule has 0 saturated carbocycles. The first-order valence-electron chi connectivity index (χ1n) is 4.94. The summed E-state index contributed by atoms with van der Waals surface area (Å²) in [6, 6.07) is 5.87. The van der Waals surface area contributed by atoms with Gasteiger partial charge in [-0.2, -0.15) is 0 Å². The van der Waals surface area contributed by atoms with Gasteiger partial charge in [-0.3, -0.25) is 0 Å². The van der Waals surface area contributed by atoms with Crippen LogP contribution in [0.15, 0.2) is 24.3 Å². The van der Waals surface area contributed by atoms with Crippen molar-refractivity contribution < 1.29 is 19.0 Å². The van der Waals surface area contributed by atoms with Crippen LogP contribution in [-0.4, -0.2) is 31.0 Å². The number of primary amides is 1. The first-order chi connectivity index (χ1) is 7.99. The molecule has 6 heteroatoms. The molecular weight excluding hydrogens is 227 g/mol. The number of halogens is 1. The van der Waals surface area contributed by atoms with Crippen molar-refractivity contribution in [1.29, 1.82) is 0 Å². The predicted molar refractivity (Wildman–Crippen MR) is 61.8 cm³/mol. The maximum Gasteiger partial charge on any atom is 0.404 e. The molecule has 1 rings (SSSR count). The third kappa shape index (κ3) is 8.18. The molecule has 96 valence electrons. The minimum absolute atomic E-state index is 0.0443. The van der Waals surface area contributed by atoms with Crippen LogP contribution in [0.3, 0.4) is 0 Å². The number of carbonyl (C=O) groups is 1. The highest BCUT2D eigenvalue weighted by Gasteiger charge is 2.01. The number of rotatable bonds is 3. The fourth-order valence-electron chi connectivity index (χ4n) is 0.988. The summed E-state index contributed by atoms with van der Waals surface area (Å²) in [5.41, 5.74) is 10.9. The van der Waals surface area contributed by atoms with Crippen molar-refractivity contribution in [2.24, 2.45) is 11.5 Å². The van der Waals surface area contributed by atoms with E-state index in [-0.39, 0.29) is 18.5 Å². The molecule has 0 aromatic heterocycles. The van der Waals surface area contributed by atoms with Crippen LogP contribution < -0.4 is 11.5 Å². The predicted octanol–water partition coefficient (Wildman–Crippen LogP) is 0.399. The fraction of sp³-hybridized carbons (Fsp3) is 0.364. The third-order valence-electron chi connectivity index (χ3n) is 1.85. The Morgan fingerprint density at radius 2 is 1.94 bits per heavy atom. The Labute approximate surface area is 99.2 Å². The third-order valence-corrected chi connectivity index (χ3v) is 1.85. The topological polar surface area (TPSA) is 98.6 Å². The molecule has 1 aromatic carbocycles. The van der Waals surface area contributed by atoms with Crippen molar-refractivity contribution in [1.82, 2.24) is 0 Å². The summed E-state index contributed by atoms with van der Waals surface area (Å²) in [4.78, 5) is 9.37. The zero-order valence-corrected chi connectivity index (χ0v) is 9.60. The number of ether oxygens (including phenoxy) is 1. The van der Waals surface area contributed by atoms with E-state index in [0.717, 1.165) is 5.56 Å². The average molecular weight is 244 g/mol. The first-order valence-corrected chi connectivity index (χ1v) is 4.94. The minimum Gasteiger partial charge on any atom is -0.453 e. The van der Waals surface area contributed by atoms with Gasteiger partial charge in [0.15, 0.2) is 0 Å². The molecule has 1 aromatic rings. The molecule has 0 spiro atoms. The Balaban J connectivity index is 0.000000437. The van der Waals surface area contributed by atoms with Crippen molar-refractivity contribution in [3.63, 3.8) is 0 Å². The second kappa shape index (κ2) is 8.49. The Kier molecular flexibility index (Phi) is 7.66. The van der Waals surface area contributed by atoms with E-state index >= 15 is 0 Å². The Bertz CT molecular complexity index is 330. The number of hydrogen-bond donors (Lipinski definition) is 3. The monoisotopic (exact) mass is 244 g/mol. The molecule has 0 bridgehead atoms. The second-order valence-electron chi connectivity index (χ2n) is 3.30. The number of amides is 1. The lowest BCUT2D eigenvalue weighted by molar-refractivity contribution is 0.182. The van der Waals surface area contributed by atoms with Crippen molar-refractivity contribution in [3.05, 3.63) is 35.6 Å². The van der Waals surface area contributed by atoms with Crippen LogP contribution in [0.25, 0.3) is 0 Å². The number of hydrogen-bond acceptors (Lipinski definition) is 4. The molecule has 0 radical (unpaired) electrons. The van der Waals surface area contributed by atoms with Crippen molar-refractivity contribution in [2.45, 2.75) is 12.5 Å². The van der Waals surface area contributed by atoms with Gasteiger partial charge < -0.3 is 21.3 Å². The van der Waals surface area contributed by atoms with Crippen LogP contribution in [0.5, 0.6) is 0 Å². The van der Waals surface area contributed by atoms with Gasteiger partial charge in [0.05, 0.1) is 13.7 Å². The molecule has 1 amide bonds. The summed E-state index contributed by atoms with van der Waals surface area (Å²) in [6.45, 7) is -0.0443. The van der Waals surface area contributed by atoms with Crippen LogP contribution in [0, 0.1) is 5.82 Å². The van der Waals surface area contributed by atoms with E-state index in [2.05, 4.69) is 10.5 Å². The van der Waals surface area contributed by atoms with Crippen LogP contribution in [0.2, 0.25) is 0 Å². The average Bonchev–Trinajstić information content (AvgIpc) is 2.32. The summed E-state index contributed by atoms with van der Waals surface area (Å²) < 4.78 is 16.3. The van der Waals surface area contributed by atoms with Gasteiger partial charge in [-0.05, 0) is 24.1 Å². The summed E-state index contributed by atoms with van der Waals surface area (Å²) >= 11 is 0. The van der Waals surface area contributed by atoms with Gasteiger partial charge in [-0.15, -0.1) is 0 Å². The Morgan fingerprint density at radius 1 is 1.47 bits per heavy atom. The van der Waals surface area contributed by atoms with Crippen molar-refractivity contribution in [2.75, 3.05) is 13.7 Å². The molecule has 1 atom stereocenters. The lowest BCUT2D eigenvalue weighted by Gasteiger charge is -2.06. The highest BCUT2D eigenvalue weighted by Crippen LogP contribution is 2.04. The summed E-state index contributed by atoms with van der Waals surface area (Å²) in [7, 11) is 1.22. The van der Waals surface area contributed by atoms with Crippen LogP contribution in [0.4, 0.5) is 9.18 Å². The molecule has 5 nitrogen and oxygen atoms in total. The number of aliphatic hydroxyl groups is 1. The zero-order chi connectivity index (χ0) is 13.3. The molecule has 17 heavy (non-hydrogen) atoms. The van der Waals surface area contributed by atoms with Crippen LogP contribution in [0.1, 0.15) is 5.56 Å². The van der Waals surface area contributed by atoms with E-state index in [1.165, 1.54) is 19.2 Å². The Hall–Kier alpha value is -1.66. The van der Waals surface area contributed by atoms with Crippen LogP contribution in [-0.2, 0) is 11.2 Å². The molecule has 0 aliphatic heterocycles. The zero-order valence-electron chi connectivity index (χ0n) is 9.60. The van der Waals surface area contributed by atoms with E-state index in [1.807, 2.05) is 0 Å². The quantitative estimate of drug-likeness (QED) is 0.716. The molecule has 1 unspecified atom stereocenters. The van der Waals surface area contributed by atoms with Gasteiger partial charge in [0, 0.05) is 6.04 Å². The lowest BCUT2D eigenvalue weighted by Crippen LogP contribution is -2.26. The fourth-order valence-corrected chi connectivity index (χ4v) is 0.988. The van der Waals surface area contributed by atoms with Gasteiger partial charge in [-0.1, -0.05) is 12.1 Å².